The van der Waals surface area contributed by atoms with Crippen LogP contribution in [0.5, 0.6) is 11.5 Å². The molecule has 0 fully saturated rings. The number of nitrogens with zero attached hydrogens (tertiary/aromatic N) is 2. The molecule has 0 radical (unpaired) electrons. The van der Waals surface area contributed by atoms with E-state index in [-0.39, 0.29) is 11.5 Å². The van der Waals surface area contributed by atoms with E-state index in [9.17, 15) is 10.2 Å². The third-order valence-electron chi connectivity index (χ3n) is 5.66. The van der Waals surface area contributed by atoms with Gasteiger partial charge >= 0.3 is 0 Å². The second kappa shape index (κ2) is 11.2. The second-order valence-corrected chi connectivity index (χ2v) is 8.95. The molecule has 4 rings (SSSR count). The van der Waals surface area contributed by atoms with Gasteiger partial charge in [-0.05, 0) is 59.7 Å². The molecule has 0 aliphatic heterocycles. The molecule has 2 N–H and O–H groups in total. The van der Waals surface area contributed by atoms with Crippen molar-refractivity contribution in [1.29, 1.82) is 0 Å². The molecule has 4 aromatic rings. The van der Waals surface area contributed by atoms with Gasteiger partial charge in [0.05, 0.1) is 11.4 Å². The van der Waals surface area contributed by atoms with Gasteiger partial charge in [0, 0.05) is 36.2 Å². The number of phenols is 2. The van der Waals surface area contributed by atoms with E-state index in [0.717, 1.165) is 22.5 Å². The van der Waals surface area contributed by atoms with Crippen LogP contribution < -0.4 is 9.80 Å². The number of anilines is 2. The molecule has 0 aromatic heterocycles. The number of halogens is 2. The smallest absolute Gasteiger partial charge is 0.138 e. The Balaban J connectivity index is 1.60. The van der Waals surface area contributed by atoms with E-state index < -0.39 is 0 Å². The number of rotatable bonds is 9. The van der Waals surface area contributed by atoms with Gasteiger partial charge in [0.1, 0.15) is 11.5 Å². The molecule has 0 amide bonds. The summed E-state index contributed by atoms with van der Waals surface area (Å²) in [5, 5.41) is 22.5. The van der Waals surface area contributed by atoms with Crippen molar-refractivity contribution < 1.29 is 10.2 Å². The van der Waals surface area contributed by atoms with Crippen LogP contribution in [-0.2, 0) is 13.1 Å². The predicted octanol–water partition coefficient (Wildman–Crippen LogP) is 7.12. The van der Waals surface area contributed by atoms with Crippen molar-refractivity contribution in [2.45, 2.75) is 13.1 Å². The van der Waals surface area contributed by atoms with Gasteiger partial charge in [-0.3, -0.25) is 0 Å². The Hall–Kier alpha value is -3.34. The molecule has 0 saturated carbocycles. The zero-order valence-corrected chi connectivity index (χ0v) is 20.1. The first-order chi connectivity index (χ1) is 16.5. The van der Waals surface area contributed by atoms with Crippen molar-refractivity contribution in [3.05, 3.63) is 118 Å². The normalized spacial score (nSPS) is 10.8. The van der Waals surface area contributed by atoms with Crippen molar-refractivity contribution in [3.8, 4) is 11.5 Å². The van der Waals surface area contributed by atoms with Crippen LogP contribution in [0.1, 0.15) is 11.1 Å². The van der Waals surface area contributed by atoms with E-state index in [1.165, 1.54) is 0 Å². The van der Waals surface area contributed by atoms with Crippen LogP contribution in [0.3, 0.4) is 0 Å². The number of aromatic hydroxyl groups is 2. The minimum Gasteiger partial charge on any atom is -0.506 e. The van der Waals surface area contributed by atoms with E-state index in [4.69, 9.17) is 23.2 Å². The number of hydrogen-bond donors (Lipinski definition) is 2. The lowest BCUT2D eigenvalue weighted by Crippen LogP contribution is -2.35. The van der Waals surface area contributed by atoms with Gasteiger partial charge in [-0.2, -0.15) is 0 Å². The molecule has 0 heterocycles. The Labute approximate surface area is 210 Å². The molecule has 0 spiro atoms. The summed E-state index contributed by atoms with van der Waals surface area (Å²) in [4.78, 5) is 4.26. The first-order valence-corrected chi connectivity index (χ1v) is 11.8. The monoisotopic (exact) mass is 492 g/mol. The molecule has 0 aliphatic carbocycles. The fourth-order valence-corrected chi connectivity index (χ4v) is 4.15. The zero-order valence-electron chi connectivity index (χ0n) is 18.6. The fraction of sp³-hybridized carbons (Fsp3) is 0.143. The largest absolute Gasteiger partial charge is 0.506 e. The number of benzene rings is 4. The molecule has 174 valence electrons. The molecule has 0 saturated heterocycles. The predicted molar refractivity (Wildman–Crippen MR) is 141 cm³/mol. The van der Waals surface area contributed by atoms with Gasteiger partial charge in [0.2, 0.25) is 0 Å². The maximum atomic E-state index is 10.6. The minimum atomic E-state index is 0.225. The highest BCUT2D eigenvalue weighted by Crippen LogP contribution is 2.31. The maximum Gasteiger partial charge on any atom is 0.138 e. The van der Waals surface area contributed by atoms with Crippen molar-refractivity contribution in [1.82, 2.24) is 0 Å². The molecule has 4 nitrogen and oxygen atoms in total. The average molecular weight is 493 g/mol. The summed E-state index contributed by atoms with van der Waals surface area (Å²) in [7, 11) is 0. The lowest BCUT2D eigenvalue weighted by Gasteiger charge is -2.31. The van der Waals surface area contributed by atoms with Gasteiger partial charge in [-0.25, -0.2) is 0 Å². The van der Waals surface area contributed by atoms with Crippen LogP contribution >= 0.6 is 23.2 Å². The fourth-order valence-electron chi connectivity index (χ4n) is 3.89. The summed E-state index contributed by atoms with van der Waals surface area (Å²) in [6.45, 7) is 2.43. The maximum absolute atomic E-state index is 10.6. The van der Waals surface area contributed by atoms with Crippen LogP contribution in [0.2, 0.25) is 10.0 Å². The molecular formula is C28H26Cl2N2O2. The van der Waals surface area contributed by atoms with Gasteiger partial charge < -0.3 is 20.0 Å². The zero-order chi connectivity index (χ0) is 23.9. The van der Waals surface area contributed by atoms with Crippen molar-refractivity contribution in [2.75, 3.05) is 22.9 Å². The molecule has 0 bridgehead atoms. The Kier molecular flexibility index (Phi) is 7.84. The third-order valence-corrected chi connectivity index (χ3v) is 6.16. The van der Waals surface area contributed by atoms with E-state index in [0.29, 0.717) is 36.2 Å². The number of phenolic OH excluding ortho intramolecular Hbond substituents is 2. The molecule has 0 atom stereocenters. The lowest BCUT2D eigenvalue weighted by molar-refractivity contribution is 0.471. The van der Waals surface area contributed by atoms with Crippen LogP contribution in [0.4, 0.5) is 11.4 Å². The molecule has 0 unspecified atom stereocenters. The summed E-state index contributed by atoms with van der Waals surface area (Å²) in [5.74, 6) is 0.451. The van der Waals surface area contributed by atoms with Crippen LogP contribution in [0.25, 0.3) is 0 Å². The third kappa shape index (κ3) is 6.16. The van der Waals surface area contributed by atoms with Crippen LogP contribution in [0, 0.1) is 0 Å². The summed E-state index contributed by atoms with van der Waals surface area (Å²) in [6.07, 6.45) is 0. The van der Waals surface area contributed by atoms with E-state index >= 15 is 0 Å². The average Bonchev–Trinajstić information content (AvgIpc) is 2.84. The second-order valence-electron chi connectivity index (χ2n) is 8.07. The van der Waals surface area contributed by atoms with E-state index in [1.54, 1.807) is 12.1 Å². The summed E-state index contributed by atoms with van der Waals surface area (Å²) < 4.78 is 0. The Bertz CT molecular complexity index is 1120. The van der Waals surface area contributed by atoms with Crippen LogP contribution in [0.15, 0.2) is 97.1 Å². The highest BCUT2D eigenvalue weighted by molar-refractivity contribution is 6.30. The van der Waals surface area contributed by atoms with Crippen molar-refractivity contribution in [3.63, 3.8) is 0 Å². The van der Waals surface area contributed by atoms with Gasteiger partial charge in [-0.15, -0.1) is 0 Å². The van der Waals surface area contributed by atoms with E-state index in [2.05, 4.69) is 9.80 Å². The quantitative estimate of drug-likeness (QED) is 0.261. The Morgan fingerprint density at radius 2 is 0.853 bits per heavy atom. The number of hydrogen-bond acceptors (Lipinski definition) is 4. The van der Waals surface area contributed by atoms with E-state index in [1.807, 2.05) is 84.9 Å². The van der Waals surface area contributed by atoms with Gasteiger partial charge in [0.25, 0.3) is 0 Å². The topological polar surface area (TPSA) is 46.9 Å². The molecule has 6 heteroatoms. The minimum absolute atomic E-state index is 0.225. The lowest BCUT2D eigenvalue weighted by atomic mass is 10.1. The summed E-state index contributed by atoms with van der Waals surface area (Å²) >= 11 is 12.1. The summed E-state index contributed by atoms with van der Waals surface area (Å²) in [5.41, 5.74) is 3.67. The Morgan fingerprint density at radius 1 is 0.500 bits per heavy atom. The van der Waals surface area contributed by atoms with Gasteiger partial charge in [0.15, 0.2) is 0 Å². The SMILES string of the molecule is Oc1ccccc1N(CCN(Cc1ccc(Cl)cc1)c1ccccc1O)Cc1ccc(Cl)cc1. The Morgan fingerprint density at radius 3 is 1.21 bits per heavy atom. The highest BCUT2D eigenvalue weighted by atomic mass is 35.5. The van der Waals surface area contributed by atoms with Crippen LogP contribution in [-0.4, -0.2) is 23.3 Å². The number of para-hydroxylation sites is 4. The highest BCUT2D eigenvalue weighted by Gasteiger charge is 2.16. The molecular weight excluding hydrogens is 467 g/mol. The molecule has 34 heavy (non-hydrogen) atoms. The standard InChI is InChI=1S/C28H26Cl2N2O2/c29-23-13-9-21(10-14-23)19-31(25-5-1-3-7-27(25)33)17-18-32(26-6-2-4-8-28(26)34)20-22-11-15-24(30)16-12-22/h1-16,33-34H,17-20H2. The van der Waals surface area contributed by atoms with Gasteiger partial charge in [-0.1, -0.05) is 71.7 Å². The first-order valence-electron chi connectivity index (χ1n) is 11.0. The summed E-state index contributed by atoms with van der Waals surface area (Å²) in [6, 6.07) is 30.1. The molecule has 4 aromatic carbocycles. The molecule has 0 aliphatic rings. The first kappa shape index (κ1) is 23.8. The van der Waals surface area contributed by atoms with Crippen molar-refractivity contribution in [2.24, 2.45) is 0 Å². The van der Waals surface area contributed by atoms with Crippen molar-refractivity contribution >= 4 is 34.6 Å².